The number of carbonyl (C=O) groups is 3. The number of hydrogen-bond donors (Lipinski definition) is 2. The predicted molar refractivity (Wildman–Crippen MR) is 75.7 cm³/mol. The number of benzene rings is 1. The summed E-state index contributed by atoms with van der Waals surface area (Å²) in [5, 5.41) is 11.4. The monoisotopic (exact) mass is 311 g/mol. The number of halogens is 1. The molecule has 6 nitrogen and oxygen atoms in total. The first-order valence-electron chi connectivity index (χ1n) is 6.81. The van der Waals surface area contributed by atoms with Gasteiger partial charge in [-0.15, -0.1) is 0 Å². The molecular weight excluding hydrogens is 293 g/mol. The van der Waals surface area contributed by atoms with Gasteiger partial charge in [0, 0.05) is 5.56 Å². The molecular formula is C15H18FNO5. The molecule has 0 aromatic heterocycles. The number of esters is 1. The molecule has 2 N–H and O–H groups in total. The summed E-state index contributed by atoms with van der Waals surface area (Å²) in [5.41, 5.74) is 0.00929. The zero-order valence-electron chi connectivity index (χ0n) is 12.3. The molecule has 22 heavy (non-hydrogen) atoms. The lowest BCUT2D eigenvalue weighted by atomic mass is 10.0. The van der Waals surface area contributed by atoms with Crippen LogP contribution >= 0.6 is 0 Å². The molecule has 120 valence electrons. The van der Waals surface area contributed by atoms with E-state index >= 15 is 0 Å². The number of carboxylic acid groups (broad SMARTS) is 1. The Morgan fingerprint density at radius 3 is 2.59 bits per heavy atom. The van der Waals surface area contributed by atoms with Crippen molar-refractivity contribution in [2.45, 2.75) is 26.3 Å². The quantitative estimate of drug-likeness (QED) is 0.746. The van der Waals surface area contributed by atoms with Gasteiger partial charge in [-0.3, -0.25) is 9.59 Å². The maximum Gasteiger partial charge on any atom is 0.326 e. The number of carbonyl (C=O) groups excluding carboxylic acids is 2. The number of amides is 1. The minimum atomic E-state index is -1.28. The van der Waals surface area contributed by atoms with Crippen molar-refractivity contribution < 1.29 is 28.6 Å². The summed E-state index contributed by atoms with van der Waals surface area (Å²) >= 11 is 0. The second-order valence-electron chi connectivity index (χ2n) is 4.76. The summed E-state index contributed by atoms with van der Waals surface area (Å²) in [7, 11) is 0. The van der Waals surface area contributed by atoms with Crippen molar-refractivity contribution in [2.24, 2.45) is 5.92 Å². The molecule has 0 aliphatic rings. The minimum Gasteiger partial charge on any atom is -0.480 e. The molecule has 0 saturated heterocycles. The first kappa shape index (κ1) is 17.6. The second-order valence-corrected chi connectivity index (χ2v) is 4.76. The number of rotatable bonds is 7. The van der Waals surface area contributed by atoms with Crippen LogP contribution in [0, 0.1) is 11.7 Å². The Morgan fingerprint density at radius 2 is 2.05 bits per heavy atom. The number of ether oxygens (including phenoxy) is 1. The molecule has 0 bridgehead atoms. The van der Waals surface area contributed by atoms with Gasteiger partial charge in [0.05, 0.1) is 12.5 Å². The van der Waals surface area contributed by atoms with E-state index in [2.05, 4.69) is 5.32 Å². The molecule has 2 atom stereocenters. The Balaban J connectivity index is 2.74. The summed E-state index contributed by atoms with van der Waals surface area (Å²) in [6.07, 6.45) is -0.116. The van der Waals surface area contributed by atoms with Crippen LogP contribution < -0.4 is 5.32 Å². The summed E-state index contributed by atoms with van der Waals surface area (Å²) < 4.78 is 17.9. The maximum absolute atomic E-state index is 13.1. The van der Waals surface area contributed by atoms with E-state index in [1.807, 2.05) is 0 Å². The topological polar surface area (TPSA) is 92.7 Å². The fourth-order valence-electron chi connectivity index (χ4n) is 1.83. The maximum atomic E-state index is 13.1. The fourth-order valence-corrected chi connectivity index (χ4v) is 1.83. The molecule has 1 aromatic rings. The van der Waals surface area contributed by atoms with Crippen molar-refractivity contribution in [1.82, 2.24) is 5.32 Å². The Kier molecular flexibility index (Phi) is 6.49. The minimum absolute atomic E-state index is 0.00929. The third-order valence-electron chi connectivity index (χ3n) is 2.97. The van der Waals surface area contributed by atoms with E-state index in [-0.39, 0.29) is 18.6 Å². The van der Waals surface area contributed by atoms with E-state index in [1.54, 1.807) is 6.92 Å². The van der Waals surface area contributed by atoms with Crippen LogP contribution in [0.25, 0.3) is 0 Å². The van der Waals surface area contributed by atoms with Gasteiger partial charge in [0.15, 0.2) is 0 Å². The highest BCUT2D eigenvalue weighted by Gasteiger charge is 2.26. The van der Waals surface area contributed by atoms with E-state index in [4.69, 9.17) is 9.84 Å². The van der Waals surface area contributed by atoms with Gasteiger partial charge in [-0.05, 0) is 31.5 Å². The first-order chi connectivity index (χ1) is 10.3. The van der Waals surface area contributed by atoms with Gasteiger partial charge in [-0.2, -0.15) is 0 Å². The highest BCUT2D eigenvalue weighted by atomic mass is 19.1. The molecule has 1 aromatic carbocycles. The molecule has 0 heterocycles. The van der Waals surface area contributed by atoms with Crippen LogP contribution in [0.1, 0.15) is 30.6 Å². The van der Waals surface area contributed by atoms with Gasteiger partial charge < -0.3 is 15.2 Å². The summed E-state index contributed by atoms with van der Waals surface area (Å²) in [6, 6.07) is 3.63. The molecule has 0 spiro atoms. The molecule has 0 unspecified atom stereocenters. The van der Waals surface area contributed by atoms with Crippen molar-refractivity contribution in [3.63, 3.8) is 0 Å². The van der Waals surface area contributed by atoms with Gasteiger partial charge in [-0.25, -0.2) is 9.18 Å². The SMILES string of the molecule is CCOC(=O)[C@@H](C)C[C@@H](NC(=O)c1cccc(F)c1)C(=O)O. The van der Waals surface area contributed by atoms with Crippen LogP contribution in [0.3, 0.4) is 0 Å². The van der Waals surface area contributed by atoms with Gasteiger partial charge >= 0.3 is 11.9 Å². The molecule has 0 radical (unpaired) electrons. The number of aliphatic carboxylic acids is 1. The van der Waals surface area contributed by atoms with Crippen LogP contribution in [-0.2, 0) is 14.3 Å². The van der Waals surface area contributed by atoms with Gasteiger partial charge in [0.2, 0.25) is 0 Å². The fraction of sp³-hybridized carbons (Fsp3) is 0.400. The van der Waals surface area contributed by atoms with Crippen LogP contribution in [0.5, 0.6) is 0 Å². The van der Waals surface area contributed by atoms with Crippen molar-refractivity contribution in [3.8, 4) is 0 Å². The largest absolute Gasteiger partial charge is 0.480 e. The van der Waals surface area contributed by atoms with Crippen molar-refractivity contribution in [1.29, 1.82) is 0 Å². The first-order valence-corrected chi connectivity index (χ1v) is 6.81. The molecule has 1 rings (SSSR count). The second kappa shape index (κ2) is 8.11. The van der Waals surface area contributed by atoms with Crippen molar-refractivity contribution in [2.75, 3.05) is 6.61 Å². The van der Waals surface area contributed by atoms with E-state index in [9.17, 15) is 18.8 Å². The number of carboxylic acids is 1. The van der Waals surface area contributed by atoms with Crippen molar-refractivity contribution >= 4 is 17.8 Å². The van der Waals surface area contributed by atoms with E-state index in [0.29, 0.717) is 0 Å². The standard InChI is InChI=1S/C15H18FNO5/c1-3-22-15(21)9(2)7-12(14(19)20)17-13(18)10-5-4-6-11(16)8-10/h4-6,8-9,12H,3,7H2,1-2H3,(H,17,18)(H,19,20)/t9-,12+/m0/s1. The molecule has 0 aliphatic carbocycles. The summed E-state index contributed by atoms with van der Waals surface area (Å²) in [4.78, 5) is 34.7. The lowest BCUT2D eigenvalue weighted by molar-refractivity contribution is -0.148. The van der Waals surface area contributed by atoms with Crippen LogP contribution in [0.15, 0.2) is 24.3 Å². The molecule has 0 aliphatic heterocycles. The average molecular weight is 311 g/mol. The van der Waals surface area contributed by atoms with Crippen molar-refractivity contribution in [3.05, 3.63) is 35.6 Å². The van der Waals surface area contributed by atoms with Crippen LogP contribution in [0.2, 0.25) is 0 Å². The van der Waals surface area contributed by atoms with Gasteiger partial charge in [0.25, 0.3) is 5.91 Å². The lowest BCUT2D eigenvalue weighted by Gasteiger charge is -2.18. The van der Waals surface area contributed by atoms with Crippen LogP contribution in [-0.4, -0.2) is 35.6 Å². The Labute approximate surface area is 127 Å². The lowest BCUT2D eigenvalue weighted by Crippen LogP contribution is -2.42. The Hall–Kier alpha value is -2.44. The predicted octanol–water partition coefficient (Wildman–Crippen LogP) is 1.60. The van der Waals surface area contributed by atoms with E-state index in [1.165, 1.54) is 25.1 Å². The number of nitrogens with one attached hydrogen (secondary N) is 1. The molecule has 7 heteroatoms. The van der Waals surface area contributed by atoms with Gasteiger partial charge in [-0.1, -0.05) is 13.0 Å². The normalized spacial score (nSPS) is 13.0. The molecule has 0 fully saturated rings. The number of hydrogen-bond acceptors (Lipinski definition) is 4. The zero-order valence-corrected chi connectivity index (χ0v) is 12.3. The third kappa shape index (κ3) is 5.16. The molecule has 0 saturated carbocycles. The smallest absolute Gasteiger partial charge is 0.326 e. The van der Waals surface area contributed by atoms with Gasteiger partial charge in [0.1, 0.15) is 11.9 Å². The Bertz CT molecular complexity index is 561. The van der Waals surface area contributed by atoms with E-state index < -0.39 is 35.6 Å². The summed E-state index contributed by atoms with van der Waals surface area (Å²) in [5.74, 6) is -3.81. The highest BCUT2D eigenvalue weighted by Crippen LogP contribution is 2.10. The zero-order chi connectivity index (χ0) is 16.7. The third-order valence-corrected chi connectivity index (χ3v) is 2.97. The average Bonchev–Trinajstić information content (AvgIpc) is 2.46. The van der Waals surface area contributed by atoms with E-state index in [0.717, 1.165) is 6.07 Å². The van der Waals surface area contributed by atoms with Crippen LogP contribution in [0.4, 0.5) is 4.39 Å². The molecule has 1 amide bonds. The highest BCUT2D eigenvalue weighted by molar-refractivity contribution is 5.96. The summed E-state index contributed by atoms with van der Waals surface area (Å²) in [6.45, 7) is 3.35. The Morgan fingerprint density at radius 1 is 1.36 bits per heavy atom.